The number of benzene rings is 1. The molecule has 1 heterocycles. The van der Waals surface area contributed by atoms with Crippen LogP contribution in [0.1, 0.15) is 0 Å². The minimum atomic E-state index is -4.76. The Labute approximate surface area is 119 Å². The third-order valence-electron chi connectivity index (χ3n) is 2.01. The van der Waals surface area contributed by atoms with E-state index in [-0.39, 0.29) is 27.7 Å². The number of hydrogen-bond donors (Lipinski definition) is 1. The number of nitrogen functional groups attached to an aromatic ring is 1. The summed E-state index contributed by atoms with van der Waals surface area (Å²) in [7, 11) is 0. The molecule has 20 heavy (non-hydrogen) atoms. The Hall–Kier alpha value is -2.03. The summed E-state index contributed by atoms with van der Waals surface area (Å²) < 4.78 is 45.5. The van der Waals surface area contributed by atoms with Crippen molar-refractivity contribution in [3.8, 4) is 17.4 Å². The monoisotopic (exact) mass is 349 g/mol. The van der Waals surface area contributed by atoms with E-state index in [1.54, 1.807) is 0 Å². The van der Waals surface area contributed by atoms with Gasteiger partial charge in [-0.25, -0.2) is 0 Å². The Balaban J connectivity index is 2.14. The molecule has 5 nitrogen and oxygen atoms in total. The van der Waals surface area contributed by atoms with Crippen molar-refractivity contribution in [3.05, 3.63) is 34.8 Å². The fourth-order valence-electron chi connectivity index (χ4n) is 1.26. The first kappa shape index (κ1) is 14.4. The molecular formula is C11H7BrF3N3O2. The summed E-state index contributed by atoms with van der Waals surface area (Å²) >= 11 is 2.96. The second-order valence-electron chi connectivity index (χ2n) is 3.54. The fraction of sp³-hybridized carbons (Fsp3) is 0.0909. The summed E-state index contributed by atoms with van der Waals surface area (Å²) in [4.78, 5) is 0. The maximum atomic E-state index is 12.1. The summed E-state index contributed by atoms with van der Waals surface area (Å²) in [5, 5.41) is 7.24. The maximum absolute atomic E-state index is 12.1. The van der Waals surface area contributed by atoms with Gasteiger partial charge in [0.15, 0.2) is 0 Å². The smallest absolute Gasteiger partial charge is 0.437 e. The van der Waals surface area contributed by atoms with Gasteiger partial charge in [0.2, 0.25) is 5.88 Å². The van der Waals surface area contributed by atoms with Crippen LogP contribution in [0.2, 0.25) is 0 Å². The average Bonchev–Trinajstić information content (AvgIpc) is 2.34. The van der Waals surface area contributed by atoms with Crippen LogP contribution in [-0.4, -0.2) is 16.6 Å². The SMILES string of the molecule is Nc1ccc(Oc2ccc(OC(F)(F)F)c(Br)c2)nn1. The molecule has 1 aromatic heterocycles. The number of anilines is 1. The minimum Gasteiger partial charge on any atom is -0.437 e. The maximum Gasteiger partial charge on any atom is 0.573 e. The number of hydrogen-bond acceptors (Lipinski definition) is 5. The lowest BCUT2D eigenvalue weighted by atomic mass is 10.3. The number of rotatable bonds is 3. The molecule has 106 valence electrons. The van der Waals surface area contributed by atoms with Crippen LogP contribution in [0.15, 0.2) is 34.8 Å². The Morgan fingerprint density at radius 2 is 1.85 bits per heavy atom. The zero-order valence-corrected chi connectivity index (χ0v) is 11.3. The van der Waals surface area contributed by atoms with E-state index in [0.29, 0.717) is 0 Å². The lowest BCUT2D eigenvalue weighted by Gasteiger charge is -2.11. The van der Waals surface area contributed by atoms with Crippen LogP contribution < -0.4 is 15.2 Å². The van der Waals surface area contributed by atoms with Crippen molar-refractivity contribution < 1.29 is 22.6 Å². The van der Waals surface area contributed by atoms with Crippen LogP contribution in [0.25, 0.3) is 0 Å². The van der Waals surface area contributed by atoms with Gasteiger partial charge >= 0.3 is 6.36 Å². The van der Waals surface area contributed by atoms with Gasteiger partial charge in [0.05, 0.1) is 4.47 Å². The number of ether oxygens (including phenoxy) is 2. The number of aromatic nitrogens is 2. The molecule has 2 rings (SSSR count). The molecular weight excluding hydrogens is 343 g/mol. The molecule has 0 saturated heterocycles. The van der Waals surface area contributed by atoms with Crippen molar-refractivity contribution in [2.24, 2.45) is 0 Å². The highest BCUT2D eigenvalue weighted by Gasteiger charge is 2.32. The molecule has 9 heteroatoms. The van der Waals surface area contributed by atoms with Crippen molar-refractivity contribution >= 4 is 21.7 Å². The number of halogens is 4. The standard InChI is InChI=1S/C11H7BrF3N3O2/c12-7-5-6(1-2-8(7)20-11(13,14)15)19-10-4-3-9(16)17-18-10/h1-5H,(H2,16,17). The van der Waals surface area contributed by atoms with Crippen LogP contribution in [0, 0.1) is 0 Å². The molecule has 0 aliphatic rings. The molecule has 2 N–H and O–H groups in total. The summed E-state index contributed by atoms with van der Waals surface area (Å²) in [5.74, 6) is 0.293. The van der Waals surface area contributed by atoms with E-state index in [9.17, 15) is 13.2 Å². The van der Waals surface area contributed by atoms with Gasteiger partial charge in [-0.1, -0.05) is 0 Å². The predicted octanol–water partition coefficient (Wildman–Crippen LogP) is 3.51. The van der Waals surface area contributed by atoms with Crippen LogP contribution in [0.4, 0.5) is 19.0 Å². The van der Waals surface area contributed by atoms with Crippen molar-refractivity contribution in [1.82, 2.24) is 10.2 Å². The second kappa shape index (κ2) is 5.53. The highest BCUT2D eigenvalue weighted by molar-refractivity contribution is 9.10. The molecule has 0 amide bonds. The van der Waals surface area contributed by atoms with Gasteiger partial charge in [-0.2, -0.15) is 0 Å². The molecule has 0 aliphatic carbocycles. The first-order valence-electron chi connectivity index (χ1n) is 5.16. The topological polar surface area (TPSA) is 70.3 Å². The molecule has 0 bridgehead atoms. The normalized spacial score (nSPS) is 11.2. The molecule has 0 fully saturated rings. The van der Waals surface area contributed by atoms with E-state index < -0.39 is 6.36 Å². The van der Waals surface area contributed by atoms with Gasteiger partial charge in [0, 0.05) is 6.07 Å². The molecule has 0 aliphatic heterocycles. The van der Waals surface area contributed by atoms with Crippen molar-refractivity contribution in [2.75, 3.05) is 5.73 Å². The van der Waals surface area contributed by atoms with Gasteiger partial charge in [-0.3, -0.25) is 0 Å². The second-order valence-corrected chi connectivity index (χ2v) is 4.39. The van der Waals surface area contributed by atoms with E-state index >= 15 is 0 Å². The molecule has 0 spiro atoms. The van der Waals surface area contributed by atoms with Crippen molar-refractivity contribution in [2.45, 2.75) is 6.36 Å². The Bertz CT molecular complexity index is 605. The van der Waals surface area contributed by atoms with Crippen LogP contribution in [0.5, 0.6) is 17.4 Å². The molecule has 0 radical (unpaired) electrons. The predicted molar refractivity (Wildman–Crippen MR) is 67.3 cm³/mol. The largest absolute Gasteiger partial charge is 0.573 e. The molecule has 0 atom stereocenters. The number of alkyl halides is 3. The lowest BCUT2D eigenvalue weighted by molar-refractivity contribution is -0.274. The number of nitrogens with two attached hydrogens (primary N) is 1. The molecule has 0 unspecified atom stereocenters. The zero-order chi connectivity index (χ0) is 14.8. The molecule has 0 saturated carbocycles. The lowest BCUT2D eigenvalue weighted by Crippen LogP contribution is -2.17. The highest BCUT2D eigenvalue weighted by atomic mass is 79.9. The van der Waals surface area contributed by atoms with Gasteiger partial charge in [0.25, 0.3) is 0 Å². The summed E-state index contributed by atoms with van der Waals surface area (Å²) in [6.07, 6.45) is -4.76. The van der Waals surface area contributed by atoms with E-state index in [4.69, 9.17) is 10.5 Å². The van der Waals surface area contributed by atoms with Gasteiger partial charge < -0.3 is 15.2 Å². The van der Waals surface area contributed by atoms with E-state index in [0.717, 1.165) is 6.07 Å². The third-order valence-corrected chi connectivity index (χ3v) is 2.63. The van der Waals surface area contributed by atoms with E-state index in [1.807, 2.05) is 0 Å². The Kier molecular flexibility index (Phi) is 3.98. The fourth-order valence-corrected chi connectivity index (χ4v) is 1.70. The van der Waals surface area contributed by atoms with Crippen LogP contribution >= 0.6 is 15.9 Å². The van der Waals surface area contributed by atoms with Crippen LogP contribution in [-0.2, 0) is 0 Å². The van der Waals surface area contributed by atoms with Crippen molar-refractivity contribution in [3.63, 3.8) is 0 Å². The summed E-state index contributed by atoms with van der Waals surface area (Å²) in [5.41, 5.74) is 5.36. The van der Waals surface area contributed by atoms with Gasteiger partial charge in [-0.05, 0) is 40.2 Å². The van der Waals surface area contributed by atoms with Crippen LogP contribution in [0.3, 0.4) is 0 Å². The molecule has 2 aromatic rings. The zero-order valence-electron chi connectivity index (χ0n) is 9.69. The first-order valence-corrected chi connectivity index (χ1v) is 5.95. The minimum absolute atomic E-state index is 0.0933. The quantitative estimate of drug-likeness (QED) is 0.917. The molecule has 1 aromatic carbocycles. The Morgan fingerprint density at radius 1 is 1.10 bits per heavy atom. The number of nitrogens with zero attached hydrogens (tertiary/aromatic N) is 2. The van der Waals surface area contributed by atoms with Gasteiger partial charge in [-0.15, -0.1) is 23.4 Å². The van der Waals surface area contributed by atoms with Crippen molar-refractivity contribution in [1.29, 1.82) is 0 Å². The van der Waals surface area contributed by atoms with E-state index in [1.165, 1.54) is 24.3 Å². The average molecular weight is 350 g/mol. The van der Waals surface area contributed by atoms with Gasteiger partial charge in [0.1, 0.15) is 17.3 Å². The Morgan fingerprint density at radius 3 is 2.40 bits per heavy atom. The third kappa shape index (κ3) is 3.98. The van der Waals surface area contributed by atoms with E-state index in [2.05, 4.69) is 30.9 Å². The highest BCUT2D eigenvalue weighted by Crippen LogP contribution is 2.34. The summed E-state index contributed by atoms with van der Waals surface area (Å²) in [6, 6.07) is 6.72. The first-order chi connectivity index (χ1) is 9.33. The summed E-state index contributed by atoms with van der Waals surface area (Å²) in [6.45, 7) is 0.